The molecule has 3 N–H and O–H groups in total. The minimum atomic E-state index is -0.0362. The van der Waals surface area contributed by atoms with Crippen LogP contribution in [0.5, 0.6) is 5.75 Å². The third kappa shape index (κ3) is 2.09. The van der Waals surface area contributed by atoms with Crippen LogP contribution in [0.1, 0.15) is 30.9 Å². The van der Waals surface area contributed by atoms with Gasteiger partial charge in [-0.15, -0.1) is 0 Å². The van der Waals surface area contributed by atoms with Crippen LogP contribution in [-0.2, 0) is 0 Å². The van der Waals surface area contributed by atoms with Gasteiger partial charge in [0.1, 0.15) is 11.4 Å². The summed E-state index contributed by atoms with van der Waals surface area (Å²) in [7, 11) is 0. The Hall–Kier alpha value is -0.580. The Bertz CT molecular complexity index is 429. The lowest BCUT2D eigenvalue weighted by molar-refractivity contribution is 0.00790. The molecule has 1 fully saturated rings. The average Bonchev–Trinajstić information content (AvgIpc) is 2.31. The first kappa shape index (κ1) is 11.5. The van der Waals surface area contributed by atoms with Gasteiger partial charge >= 0.3 is 0 Å². The molecular weight excluding hydrogens is 280 g/mol. The summed E-state index contributed by atoms with van der Waals surface area (Å²) in [5, 5.41) is 3.38. The molecular formula is C13H17BrN2O. The van der Waals surface area contributed by atoms with Crippen molar-refractivity contribution in [1.82, 2.24) is 5.32 Å². The van der Waals surface area contributed by atoms with Crippen LogP contribution in [0.15, 0.2) is 22.7 Å². The van der Waals surface area contributed by atoms with Crippen LogP contribution in [0, 0.1) is 0 Å². The summed E-state index contributed by atoms with van der Waals surface area (Å²) < 4.78 is 7.31. The third-order valence-electron chi connectivity index (χ3n) is 3.80. The van der Waals surface area contributed by atoms with E-state index in [2.05, 4.69) is 27.3 Å². The molecule has 0 aliphatic carbocycles. The fourth-order valence-electron chi connectivity index (χ4n) is 2.88. The topological polar surface area (TPSA) is 47.3 Å². The van der Waals surface area contributed by atoms with E-state index in [1.54, 1.807) is 0 Å². The lowest BCUT2D eigenvalue weighted by Gasteiger charge is -2.43. The number of nitrogens with one attached hydrogen (secondary N) is 1. The van der Waals surface area contributed by atoms with E-state index in [1.807, 2.05) is 12.1 Å². The van der Waals surface area contributed by atoms with Crippen molar-refractivity contribution in [2.24, 2.45) is 5.73 Å². The van der Waals surface area contributed by atoms with Gasteiger partial charge in [-0.05, 0) is 44.1 Å². The molecule has 1 aromatic carbocycles. The minimum Gasteiger partial charge on any atom is -0.487 e. The molecule has 2 aliphatic rings. The Morgan fingerprint density at radius 1 is 1.35 bits per heavy atom. The summed E-state index contributed by atoms with van der Waals surface area (Å²) in [5.74, 6) is 0.967. The number of nitrogens with two attached hydrogens (primary N) is 1. The molecule has 3 rings (SSSR count). The van der Waals surface area contributed by atoms with Crippen molar-refractivity contribution in [2.75, 3.05) is 13.1 Å². The molecule has 1 aromatic rings. The molecule has 0 bridgehead atoms. The molecule has 2 aliphatic heterocycles. The Balaban J connectivity index is 1.94. The summed E-state index contributed by atoms with van der Waals surface area (Å²) in [6.07, 6.45) is 3.03. The van der Waals surface area contributed by atoms with Crippen molar-refractivity contribution in [1.29, 1.82) is 0 Å². The van der Waals surface area contributed by atoms with Crippen LogP contribution in [0.25, 0.3) is 0 Å². The molecule has 0 amide bonds. The summed E-state index contributed by atoms with van der Waals surface area (Å²) >= 11 is 3.48. The third-order valence-corrected chi connectivity index (χ3v) is 4.30. The van der Waals surface area contributed by atoms with Gasteiger partial charge < -0.3 is 15.8 Å². The van der Waals surface area contributed by atoms with E-state index < -0.39 is 0 Å². The first-order valence-corrected chi connectivity index (χ1v) is 6.93. The fourth-order valence-corrected chi connectivity index (χ4v) is 3.26. The van der Waals surface area contributed by atoms with Gasteiger partial charge in [-0.2, -0.15) is 0 Å². The largest absolute Gasteiger partial charge is 0.487 e. The maximum absolute atomic E-state index is 6.30. The van der Waals surface area contributed by atoms with Crippen molar-refractivity contribution in [3.8, 4) is 5.75 Å². The number of fused-ring (bicyclic) bond motifs is 1. The molecule has 1 spiro atoms. The Kier molecular flexibility index (Phi) is 2.89. The van der Waals surface area contributed by atoms with Gasteiger partial charge in [0, 0.05) is 22.5 Å². The maximum atomic E-state index is 6.30. The molecule has 92 valence electrons. The van der Waals surface area contributed by atoms with Gasteiger partial charge in [-0.3, -0.25) is 0 Å². The van der Waals surface area contributed by atoms with E-state index in [4.69, 9.17) is 10.5 Å². The monoisotopic (exact) mass is 296 g/mol. The number of hydrogen-bond donors (Lipinski definition) is 2. The highest BCUT2D eigenvalue weighted by Crippen LogP contribution is 2.43. The van der Waals surface area contributed by atoms with Crippen molar-refractivity contribution in [3.63, 3.8) is 0 Å². The highest BCUT2D eigenvalue weighted by molar-refractivity contribution is 9.10. The van der Waals surface area contributed by atoms with Gasteiger partial charge in [-0.1, -0.05) is 15.9 Å². The zero-order valence-electron chi connectivity index (χ0n) is 9.71. The first-order chi connectivity index (χ1) is 8.19. The number of piperidine rings is 1. The average molecular weight is 297 g/mol. The van der Waals surface area contributed by atoms with Gasteiger partial charge in [0.15, 0.2) is 0 Å². The highest BCUT2D eigenvalue weighted by atomic mass is 79.9. The number of rotatable bonds is 0. The smallest absolute Gasteiger partial charge is 0.124 e. The van der Waals surface area contributed by atoms with Crippen molar-refractivity contribution in [3.05, 3.63) is 28.2 Å². The maximum Gasteiger partial charge on any atom is 0.124 e. The fraction of sp³-hybridized carbons (Fsp3) is 0.538. The zero-order chi connectivity index (χ0) is 11.9. The van der Waals surface area contributed by atoms with Crippen LogP contribution < -0.4 is 15.8 Å². The van der Waals surface area contributed by atoms with Crippen LogP contribution in [0.2, 0.25) is 0 Å². The first-order valence-electron chi connectivity index (χ1n) is 6.13. The van der Waals surface area contributed by atoms with Gasteiger partial charge in [0.25, 0.3) is 0 Å². The zero-order valence-corrected chi connectivity index (χ0v) is 11.3. The standard InChI is InChI=1S/C13H17BrN2O/c14-9-1-2-12-10(7-9)11(15)8-13(17-12)3-5-16-6-4-13/h1-2,7,11,16H,3-6,8,15H2/t11-/m1/s1. The molecule has 0 radical (unpaired) electrons. The summed E-state index contributed by atoms with van der Waals surface area (Å²) in [4.78, 5) is 0. The van der Waals surface area contributed by atoms with Crippen molar-refractivity contribution in [2.45, 2.75) is 30.9 Å². The van der Waals surface area contributed by atoms with E-state index in [-0.39, 0.29) is 11.6 Å². The van der Waals surface area contributed by atoms with Crippen LogP contribution in [0.3, 0.4) is 0 Å². The number of hydrogen-bond acceptors (Lipinski definition) is 3. The molecule has 3 nitrogen and oxygen atoms in total. The Labute approximate surface area is 110 Å². The second kappa shape index (κ2) is 4.26. The minimum absolute atomic E-state index is 0.0362. The summed E-state index contributed by atoms with van der Waals surface area (Å²) in [6.45, 7) is 2.05. The predicted molar refractivity (Wildman–Crippen MR) is 71.2 cm³/mol. The number of ether oxygens (including phenoxy) is 1. The second-order valence-electron chi connectivity index (χ2n) is 5.03. The van der Waals surface area contributed by atoms with E-state index >= 15 is 0 Å². The predicted octanol–water partition coefficient (Wildman–Crippen LogP) is 2.35. The van der Waals surface area contributed by atoms with Crippen LogP contribution >= 0.6 is 15.9 Å². The molecule has 0 aromatic heterocycles. The number of benzene rings is 1. The van der Waals surface area contributed by atoms with E-state index in [0.29, 0.717) is 0 Å². The van der Waals surface area contributed by atoms with Crippen molar-refractivity contribution < 1.29 is 4.74 Å². The summed E-state index contributed by atoms with van der Waals surface area (Å²) in [5.41, 5.74) is 7.39. The SMILES string of the molecule is N[C@@H]1CC2(CCNCC2)Oc2ccc(Br)cc21. The Morgan fingerprint density at radius 2 is 2.12 bits per heavy atom. The molecule has 4 heteroatoms. The molecule has 17 heavy (non-hydrogen) atoms. The Morgan fingerprint density at radius 3 is 2.88 bits per heavy atom. The van der Waals surface area contributed by atoms with Gasteiger partial charge in [-0.25, -0.2) is 0 Å². The van der Waals surface area contributed by atoms with E-state index in [9.17, 15) is 0 Å². The lowest BCUT2D eigenvalue weighted by Crippen LogP contribution is -2.50. The molecule has 1 atom stereocenters. The quantitative estimate of drug-likeness (QED) is 0.773. The van der Waals surface area contributed by atoms with Gasteiger partial charge in [0.2, 0.25) is 0 Å². The lowest BCUT2D eigenvalue weighted by atomic mass is 9.81. The molecule has 1 saturated heterocycles. The van der Waals surface area contributed by atoms with E-state index in [0.717, 1.165) is 48.1 Å². The second-order valence-corrected chi connectivity index (χ2v) is 5.94. The highest BCUT2D eigenvalue weighted by Gasteiger charge is 2.40. The molecule has 2 heterocycles. The normalized spacial score (nSPS) is 26.4. The van der Waals surface area contributed by atoms with Crippen LogP contribution in [-0.4, -0.2) is 18.7 Å². The van der Waals surface area contributed by atoms with Crippen molar-refractivity contribution >= 4 is 15.9 Å². The summed E-state index contributed by atoms with van der Waals surface area (Å²) in [6, 6.07) is 6.22. The molecule has 0 saturated carbocycles. The molecule has 0 unspecified atom stereocenters. The van der Waals surface area contributed by atoms with Gasteiger partial charge in [0.05, 0.1) is 0 Å². The van der Waals surface area contributed by atoms with Crippen LogP contribution in [0.4, 0.5) is 0 Å². The van der Waals surface area contributed by atoms with E-state index in [1.165, 1.54) is 0 Å². The number of halogens is 1.